The van der Waals surface area contributed by atoms with Gasteiger partial charge in [0.05, 0.1) is 0 Å². The summed E-state index contributed by atoms with van der Waals surface area (Å²) in [5.74, 6) is 0.0595. The highest BCUT2D eigenvalue weighted by Gasteiger charge is 2.11. The predicted octanol–water partition coefficient (Wildman–Crippen LogP) is 3.71. The summed E-state index contributed by atoms with van der Waals surface area (Å²) in [4.78, 5) is 16.0. The monoisotopic (exact) mass is 320 g/mol. The van der Waals surface area contributed by atoms with Gasteiger partial charge in [-0.1, -0.05) is 18.9 Å². The molecule has 1 aliphatic heterocycles. The molecular weight excluding hydrogens is 292 g/mol. The Morgan fingerprint density at radius 1 is 1.23 bits per heavy atom. The van der Waals surface area contributed by atoms with E-state index in [4.69, 9.17) is 0 Å². The van der Waals surface area contributed by atoms with Crippen LogP contribution < -0.4 is 5.32 Å². The average Bonchev–Trinajstić information content (AvgIpc) is 2.80. The number of hydrogen-bond donors (Lipinski definition) is 1. The molecule has 0 aromatic heterocycles. The Labute approximate surface area is 138 Å². The van der Waals surface area contributed by atoms with E-state index in [9.17, 15) is 4.79 Å². The molecule has 1 aliphatic rings. The van der Waals surface area contributed by atoms with E-state index in [0.29, 0.717) is 0 Å². The first kappa shape index (κ1) is 17.4. The molecule has 0 atom stereocenters. The summed E-state index contributed by atoms with van der Waals surface area (Å²) < 4.78 is 0. The molecule has 1 amide bonds. The van der Waals surface area contributed by atoms with E-state index in [0.717, 1.165) is 35.5 Å². The number of carbonyl (C=O) groups excluding carboxylic acids is 1. The van der Waals surface area contributed by atoms with E-state index < -0.39 is 0 Å². The number of likely N-dealkylation sites (tertiary alicyclic amines) is 1. The van der Waals surface area contributed by atoms with Crippen LogP contribution in [0.3, 0.4) is 0 Å². The highest BCUT2D eigenvalue weighted by Crippen LogP contribution is 2.19. The van der Waals surface area contributed by atoms with Crippen molar-refractivity contribution in [3.63, 3.8) is 0 Å². The molecule has 0 spiro atoms. The Hall–Kier alpha value is -1.00. The molecule has 2 rings (SSSR count). The third-order valence-corrected chi connectivity index (χ3v) is 5.05. The van der Waals surface area contributed by atoms with Gasteiger partial charge in [0.2, 0.25) is 0 Å². The van der Waals surface area contributed by atoms with E-state index in [1.807, 2.05) is 25.3 Å². The number of nitrogens with one attached hydrogen (secondary N) is 1. The number of thioether (sulfide) groups is 1. The molecule has 1 heterocycles. The lowest BCUT2D eigenvalue weighted by atomic mass is 10.1. The highest BCUT2D eigenvalue weighted by molar-refractivity contribution is 7.98. The number of rotatable bonds is 6. The summed E-state index contributed by atoms with van der Waals surface area (Å²) in [6.07, 6.45) is 8.47. The SMILES string of the molecule is CSc1ccc(C)c(C(=O)NCCCN2CCCCCC2)c1. The number of aryl methyl sites for hydroxylation is 1. The number of nitrogens with zero attached hydrogens (tertiary/aromatic N) is 1. The highest BCUT2D eigenvalue weighted by atomic mass is 32.2. The first-order chi connectivity index (χ1) is 10.7. The van der Waals surface area contributed by atoms with Gasteiger partial charge in [0.1, 0.15) is 0 Å². The van der Waals surface area contributed by atoms with Gasteiger partial charge in [-0.25, -0.2) is 0 Å². The molecule has 1 aromatic rings. The smallest absolute Gasteiger partial charge is 0.251 e. The van der Waals surface area contributed by atoms with Crippen molar-refractivity contribution in [2.75, 3.05) is 32.4 Å². The van der Waals surface area contributed by atoms with Crippen molar-refractivity contribution in [2.24, 2.45) is 0 Å². The molecule has 1 saturated heterocycles. The van der Waals surface area contributed by atoms with E-state index in [2.05, 4.69) is 16.3 Å². The zero-order valence-electron chi connectivity index (χ0n) is 13.9. The average molecular weight is 321 g/mol. The second-order valence-corrected chi connectivity index (χ2v) is 6.93. The number of amides is 1. The number of hydrogen-bond acceptors (Lipinski definition) is 3. The van der Waals surface area contributed by atoms with Crippen LogP contribution in [0.4, 0.5) is 0 Å². The minimum absolute atomic E-state index is 0.0595. The van der Waals surface area contributed by atoms with Crippen LogP contribution in [0.5, 0.6) is 0 Å². The maximum atomic E-state index is 12.3. The van der Waals surface area contributed by atoms with E-state index in [1.54, 1.807) is 11.8 Å². The lowest BCUT2D eigenvalue weighted by molar-refractivity contribution is 0.0951. The van der Waals surface area contributed by atoms with E-state index >= 15 is 0 Å². The van der Waals surface area contributed by atoms with Crippen LogP contribution in [-0.2, 0) is 0 Å². The fourth-order valence-corrected chi connectivity index (χ4v) is 3.37. The molecule has 0 aliphatic carbocycles. The summed E-state index contributed by atoms with van der Waals surface area (Å²) in [7, 11) is 0. The third kappa shape index (κ3) is 5.33. The van der Waals surface area contributed by atoms with Crippen LogP contribution in [0.25, 0.3) is 0 Å². The van der Waals surface area contributed by atoms with Gasteiger partial charge in [-0.05, 0) is 69.8 Å². The van der Waals surface area contributed by atoms with Crippen molar-refractivity contribution in [1.29, 1.82) is 0 Å². The molecule has 0 saturated carbocycles. The van der Waals surface area contributed by atoms with Crippen molar-refractivity contribution in [1.82, 2.24) is 10.2 Å². The van der Waals surface area contributed by atoms with Crippen molar-refractivity contribution in [3.8, 4) is 0 Å². The minimum Gasteiger partial charge on any atom is -0.352 e. The summed E-state index contributed by atoms with van der Waals surface area (Å²) >= 11 is 1.67. The maximum absolute atomic E-state index is 12.3. The van der Waals surface area contributed by atoms with Crippen molar-refractivity contribution in [3.05, 3.63) is 29.3 Å². The predicted molar refractivity (Wildman–Crippen MR) is 94.8 cm³/mol. The summed E-state index contributed by atoms with van der Waals surface area (Å²) in [6, 6.07) is 6.08. The summed E-state index contributed by atoms with van der Waals surface area (Å²) in [5.41, 5.74) is 1.85. The van der Waals surface area contributed by atoms with Crippen molar-refractivity contribution < 1.29 is 4.79 Å². The van der Waals surface area contributed by atoms with Crippen LogP contribution in [0.15, 0.2) is 23.1 Å². The fourth-order valence-electron chi connectivity index (χ4n) is 2.93. The summed E-state index contributed by atoms with van der Waals surface area (Å²) in [5, 5.41) is 3.07. The molecule has 0 radical (unpaired) electrons. The summed E-state index contributed by atoms with van der Waals surface area (Å²) in [6.45, 7) is 6.31. The quantitative estimate of drug-likeness (QED) is 0.640. The van der Waals surface area contributed by atoms with Gasteiger partial charge in [-0.15, -0.1) is 11.8 Å². The first-order valence-electron chi connectivity index (χ1n) is 8.36. The van der Waals surface area contributed by atoms with Gasteiger partial charge in [-0.2, -0.15) is 0 Å². The van der Waals surface area contributed by atoms with Crippen LogP contribution in [0.2, 0.25) is 0 Å². The maximum Gasteiger partial charge on any atom is 0.251 e. The molecular formula is C18H28N2OS. The van der Waals surface area contributed by atoms with Crippen LogP contribution in [-0.4, -0.2) is 43.2 Å². The number of carbonyl (C=O) groups is 1. The van der Waals surface area contributed by atoms with Crippen LogP contribution in [0.1, 0.15) is 48.0 Å². The lowest BCUT2D eigenvalue weighted by Crippen LogP contribution is -2.30. The Bertz CT molecular complexity index is 482. The fraction of sp³-hybridized carbons (Fsp3) is 0.611. The van der Waals surface area contributed by atoms with Crippen molar-refractivity contribution >= 4 is 17.7 Å². The Morgan fingerprint density at radius 2 is 1.95 bits per heavy atom. The van der Waals surface area contributed by atoms with Gasteiger partial charge in [-0.3, -0.25) is 4.79 Å². The van der Waals surface area contributed by atoms with Gasteiger partial charge in [0.15, 0.2) is 0 Å². The van der Waals surface area contributed by atoms with Gasteiger partial charge < -0.3 is 10.2 Å². The topological polar surface area (TPSA) is 32.3 Å². The number of benzene rings is 1. The van der Waals surface area contributed by atoms with Crippen LogP contribution in [0, 0.1) is 6.92 Å². The molecule has 3 nitrogen and oxygen atoms in total. The van der Waals surface area contributed by atoms with Gasteiger partial charge in [0, 0.05) is 17.0 Å². The van der Waals surface area contributed by atoms with Gasteiger partial charge in [0.25, 0.3) is 5.91 Å². The normalized spacial score (nSPS) is 16.3. The Balaban J connectivity index is 1.75. The lowest BCUT2D eigenvalue weighted by Gasteiger charge is -2.19. The zero-order valence-corrected chi connectivity index (χ0v) is 14.7. The largest absolute Gasteiger partial charge is 0.352 e. The Morgan fingerprint density at radius 3 is 2.64 bits per heavy atom. The second kappa shape index (κ2) is 9.21. The van der Waals surface area contributed by atoms with E-state index in [-0.39, 0.29) is 5.91 Å². The molecule has 1 N–H and O–H groups in total. The molecule has 0 unspecified atom stereocenters. The molecule has 1 fully saturated rings. The molecule has 4 heteroatoms. The standard InChI is InChI=1S/C18H28N2OS/c1-15-8-9-16(22-2)14-17(15)18(21)19-10-7-13-20-11-5-3-4-6-12-20/h8-9,14H,3-7,10-13H2,1-2H3,(H,19,21). The second-order valence-electron chi connectivity index (χ2n) is 6.05. The molecule has 0 bridgehead atoms. The van der Waals surface area contributed by atoms with Gasteiger partial charge >= 0.3 is 0 Å². The van der Waals surface area contributed by atoms with Crippen LogP contribution >= 0.6 is 11.8 Å². The first-order valence-corrected chi connectivity index (χ1v) is 9.58. The van der Waals surface area contributed by atoms with E-state index in [1.165, 1.54) is 38.8 Å². The molecule has 22 heavy (non-hydrogen) atoms. The Kier molecular flexibility index (Phi) is 7.26. The van der Waals surface area contributed by atoms with Crippen molar-refractivity contribution in [2.45, 2.75) is 43.9 Å². The molecule has 1 aromatic carbocycles. The minimum atomic E-state index is 0.0595. The zero-order chi connectivity index (χ0) is 15.8. The molecule has 122 valence electrons. The third-order valence-electron chi connectivity index (χ3n) is 4.32.